The maximum atomic E-state index is 8.92. The molecule has 11 heavy (non-hydrogen) atoms. The van der Waals surface area contributed by atoms with Crippen molar-refractivity contribution in [2.45, 2.75) is 13.0 Å². The van der Waals surface area contributed by atoms with Gasteiger partial charge in [0, 0.05) is 6.04 Å². The fourth-order valence-electron chi connectivity index (χ4n) is 0.867. The molecule has 0 amide bonds. The van der Waals surface area contributed by atoms with E-state index in [0.717, 1.165) is 0 Å². The Bertz CT molecular complexity index is 95.6. The Morgan fingerprint density at radius 2 is 1.55 bits per heavy atom. The van der Waals surface area contributed by atoms with Crippen molar-refractivity contribution in [3.8, 4) is 0 Å². The first kappa shape index (κ1) is 10.8. The second-order valence-electron chi connectivity index (χ2n) is 2.85. The first-order valence-corrected chi connectivity index (χ1v) is 3.66. The summed E-state index contributed by atoms with van der Waals surface area (Å²) in [6.07, 6.45) is 0. The standard InChI is InChI=1S/C7H17NO3/c1-6(8-2)7(3-9,4-10)5-11/h6,8-11H,3-5H2,1-2H3. The van der Waals surface area contributed by atoms with E-state index in [9.17, 15) is 0 Å². The lowest BCUT2D eigenvalue weighted by molar-refractivity contribution is -0.0162. The molecule has 0 bridgehead atoms. The van der Waals surface area contributed by atoms with Crippen molar-refractivity contribution in [3.05, 3.63) is 0 Å². The summed E-state index contributed by atoms with van der Waals surface area (Å²) < 4.78 is 0. The summed E-state index contributed by atoms with van der Waals surface area (Å²) in [5, 5.41) is 29.6. The molecule has 0 aliphatic heterocycles. The number of hydrogen-bond donors (Lipinski definition) is 4. The van der Waals surface area contributed by atoms with Gasteiger partial charge < -0.3 is 20.6 Å². The van der Waals surface area contributed by atoms with E-state index >= 15 is 0 Å². The van der Waals surface area contributed by atoms with E-state index in [1.165, 1.54) is 0 Å². The number of rotatable bonds is 5. The lowest BCUT2D eigenvalue weighted by atomic mass is 9.83. The molecule has 1 unspecified atom stereocenters. The minimum Gasteiger partial charge on any atom is -0.396 e. The predicted molar refractivity (Wildman–Crippen MR) is 42.2 cm³/mol. The summed E-state index contributed by atoms with van der Waals surface area (Å²) in [6.45, 7) is 1.15. The molecule has 0 radical (unpaired) electrons. The molecule has 4 N–H and O–H groups in total. The molecule has 1 atom stereocenters. The fraction of sp³-hybridized carbons (Fsp3) is 1.00. The van der Waals surface area contributed by atoms with Crippen LogP contribution in [0.4, 0.5) is 0 Å². The second-order valence-corrected chi connectivity index (χ2v) is 2.85. The van der Waals surface area contributed by atoms with Crippen molar-refractivity contribution in [2.75, 3.05) is 26.9 Å². The van der Waals surface area contributed by atoms with Crippen molar-refractivity contribution in [1.29, 1.82) is 0 Å². The smallest absolute Gasteiger partial charge is 0.0546 e. The molecule has 0 heterocycles. The summed E-state index contributed by atoms with van der Waals surface area (Å²) in [6, 6.07) is -0.109. The van der Waals surface area contributed by atoms with Crippen molar-refractivity contribution in [3.63, 3.8) is 0 Å². The Balaban J connectivity index is 4.26. The predicted octanol–water partition coefficient (Wildman–Crippen LogP) is -1.44. The molecule has 4 nitrogen and oxygen atoms in total. The first-order valence-electron chi connectivity index (χ1n) is 3.66. The molecule has 0 aromatic heterocycles. The molecule has 0 fully saturated rings. The number of nitrogens with one attached hydrogen (secondary N) is 1. The normalized spacial score (nSPS) is 15.0. The molecule has 0 aliphatic rings. The van der Waals surface area contributed by atoms with Crippen molar-refractivity contribution in [2.24, 2.45) is 5.41 Å². The van der Waals surface area contributed by atoms with Crippen molar-refractivity contribution >= 4 is 0 Å². The summed E-state index contributed by atoms with van der Waals surface area (Å²) in [5.74, 6) is 0. The van der Waals surface area contributed by atoms with Crippen molar-refractivity contribution < 1.29 is 15.3 Å². The van der Waals surface area contributed by atoms with Crippen LogP contribution in [-0.2, 0) is 0 Å². The van der Waals surface area contributed by atoms with Crippen LogP contribution in [0.2, 0.25) is 0 Å². The van der Waals surface area contributed by atoms with Gasteiger partial charge in [0.15, 0.2) is 0 Å². The average molecular weight is 163 g/mol. The van der Waals surface area contributed by atoms with Gasteiger partial charge in [-0.1, -0.05) is 0 Å². The second kappa shape index (κ2) is 4.66. The van der Waals surface area contributed by atoms with Gasteiger partial charge >= 0.3 is 0 Å². The molecular formula is C7H17NO3. The van der Waals surface area contributed by atoms with Crippen LogP contribution in [0, 0.1) is 5.41 Å². The van der Waals surface area contributed by atoms with E-state index in [1.54, 1.807) is 7.05 Å². The highest BCUT2D eigenvalue weighted by molar-refractivity contribution is 4.86. The molecule has 68 valence electrons. The zero-order chi connectivity index (χ0) is 8.91. The van der Waals surface area contributed by atoms with Crippen molar-refractivity contribution in [1.82, 2.24) is 5.32 Å². The Labute approximate surface area is 66.9 Å². The first-order chi connectivity index (χ1) is 5.16. The van der Waals surface area contributed by atoms with E-state index in [2.05, 4.69) is 5.32 Å². The Hall–Kier alpha value is -0.160. The van der Waals surface area contributed by atoms with Crippen LogP contribution >= 0.6 is 0 Å². The van der Waals surface area contributed by atoms with Gasteiger partial charge in [0.1, 0.15) is 0 Å². The number of aliphatic hydroxyl groups is 3. The molecule has 4 heteroatoms. The molecule has 0 aliphatic carbocycles. The third kappa shape index (κ3) is 2.13. The van der Waals surface area contributed by atoms with Crippen LogP contribution in [-0.4, -0.2) is 48.2 Å². The van der Waals surface area contributed by atoms with Gasteiger partial charge in [-0.15, -0.1) is 0 Å². The van der Waals surface area contributed by atoms with Gasteiger partial charge in [-0.2, -0.15) is 0 Å². The zero-order valence-corrected chi connectivity index (χ0v) is 7.04. The highest BCUT2D eigenvalue weighted by Crippen LogP contribution is 2.19. The van der Waals surface area contributed by atoms with Crippen LogP contribution in [0.1, 0.15) is 6.92 Å². The molecular weight excluding hydrogens is 146 g/mol. The number of aliphatic hydroxyl groups excluding tert-OH is 3. The van der Waals surface area contributed by atoms with Crippen LogP contribution in [0.3, 0.4) is 0 Å². The minimum atomic E-state index is -0.811. The van der Waals surface area contributed by atoms with Gasteiger partial charge in [0.25, 0.3) is 0 Å². The topological polar surface area (TPSA) is 72.7 Å². The van der Waals surface area contributed by atoms with Crippen LogP contribution in [0.15, 0.2) is 0 Å². The molecule has 0 spiro atoms. The average Bonchev–Trinajstić information content (AvgIpc) is 2.08. The van der Waals surface area contributed by atoms with Crippen LogP contribution in [0.5, 0.6) is 0 Å². The van der Waals surface area contributed by atoms with Gasteiger partial charge in [-0.25, -0.2) is 0 Å². The summed E-state index contributed by atoms with van der Waals surface area (Å²) in [4.78, 5) is 0. The molecule has 0 rings (SSSR count). The zero-order valence-electron chi connectivity index (χ0n) is 7.04. The third-order valence-corrected chi connectivity index (χ3v) is 2.30. The van der Waals surface area contributed by atoms with Gasteiger partial charge in [-0.3, -0.25) is 0 Å². The van der Waals surface area contributed by atoms with Crippen LogP contribution in [0.25, 0.3) is 0 Å². The highest BCUT2D eigenvalue weighted by Gasteiger charge is 2.33. The Kier molecular flexibility index (Phi) is 4.60. The van der Waals surface area contributed by atoms with E-state index in [1.807, 2.05) is 6.92 Å². The van der Waals surface area contributed by atoms with E-state index in [4.69, 9.17) is 15.3 Å². The maximum Gasteiger partial charge on any atom is 0.0546 e. The monoisotopic (exact) mass is 163 g/mol. The molecule has 0 aromatic rings. The van der Waals surface area contributed by atoms with Gasteiger partial charge in [0.2, 0.25) is 0 Å². The Morgan fingerprint density at radius 3 is 1.64 bits per heavy atom. The maximum absolute atomic E-state index is 8.92. The van der Waals surface area contributed by atoms with Crippen LogP contribution < -0.4 is 5.32 Å². The SMILES string of the molecule is CNC(C)C(CO)(CO)CO. The van der Waals surface area contributed by atoms with E-state index in [0.29, 0.717) is 0 Å². The van der Waals surface area contributed by atoms with Gasteiger partial charge in [0.05, 0.1) is 25.2 Å². The highest BCUT2D eigenvalue weighted by atomic mass is 16.3. The van der Waals surface area contributed by atoms with Gasteiger partial charge in [-0.05, 0) is 14.0 Å². The summed E-state index contributed by atoms with van der Waals surface area (Å²) in [5.41, 5.74) is -0.811. The largest absolute Gasteiger partial charge is 0.396 e. The van der Waals surface area contributed by atoms with E-state index < -0.39 is 5.41 Å². The Morgan fingerprint density at radius 1 is 1.18 bits per heavy atom. The lowest BCUT2D eigenvalue weighted by Crippen LogP contribution is -2.49. The molecule has 0 saturated carbocycles. The van der Waals surface area contributed by atoms with E-state index in [-0.39, 0.29) is 25.9 Å². The quantitative estimate of drug-likeness (QED) is 0.400. The number of hydrogen-bond acceptors (Lipinski definition) is 4. The fourth-order valence-corrected chi connectivity index (χ4v) is 0.867. The molecule has 0 aromatic carbocycles. The summed E-state index contributed by atoms with van der Waals surface area (Å²) >= 11 is 0. The minimum absolute atomic E-state index is 0.109. The lowest BCUT2D eigenvalue weighted by Gasteiger charge is -2.33. The third-order valence-electron chi connectivity index (χ3n) is 2.30. The summed E-state index contributed by atoms with van der Waals surface area (Å²) in [7, 11) is 1.72. The molecule has 0 saturated heterocycles.